The van der Waals surface area contributed by atoms with E-state index in [1.165, 1.54) is 0 Å². The van der Waals surface area contributed by atoms with Crippen LogP contribution in [0.15, 0.2) is 12.3 Å². The molecule has 0 aromatic carbocycles. The van der Waals surface area contributed by atoms with Crippen LogP contribution in [-0.4, -0.2) is 85.8 Å². The fourth-order valence-corrected chi connectivity index (χ4v) is 4.19. The van der Waals surface area contributed by atoms with E-state index in [4.69, 9.17) is 0 Å². The molecule has 0 aliphatic carbocycles. The highest BCUT2D eigenvalue weighted by Gasteiger charge is 2.58. The summed E-state index contributed by atoms with van der Waals surface area (Å²) in [5.41, 5.74) is -0.383. The fraction of sp³-hybridized carbons (Fsp3) is 0.684. The van der Waals surface area contributed by atoms with E-state index >= 15 is 0 Å². The number of imide groups is 1. The number of piperidine rings is 1. The topological polar surface area (TPSA) is 99.0 Å². The van der Waals surface area contributed by atoms with Crippen LogP contribution in [0.25, 0.3) is 0 Å². The Hall–Kier alpha value is -2.42. The third-order valence-corrected chi connectivity index (χ3v) is 5.61. The van der Waals surface area contributed by atoms with Crippen LogP contribution >= 0.6 is 0 Å². The van der Waals surface area contributed by atoms with Crippen LogP contribution in [0.4, 0.5) is 4.79 Å². The molecule has 4 amide bonds. The molecule has 3 heterocycles. The monoisotopic (exact) mass is 391 g/mol. The van der Waals surface area contributed by atoms with Crippen molar-refractivity contribution in [3.05, 3.63) is 18.0 Å². The van der Waals surface area contributed by atoms with Crippen molar-refractivity contribution in [3.8, 4) is 0 Å². The van der Waals surface area contributed by atoms with Gasteiger partial charge in [-0.3, -0.25) is 19.2 Å². The molecule has 2 aliphatic rings. The summed E-state index contributed by atoms with van der Waals surface area (Å²) in [6.07, 6.45) is 2.41. The number of rotatable bonds is 6. The Morgan fingerprint density at radius 2 is 1.96 bits per heavy atom. The SMILES string of the molecule is CCn1nccc1C(=O)N1CCC2(CC1)C(=O)N(CCO)C(=O)N2CC(C)C. The molecule has 3 rings (SSSR count). The number of hydrogen-bond acceptors (Lipinski definition) is 5. The number of aliphatic hydroxyl groups is 1. The minimum Gasteiger partial charge on any atom is -0.395 e. The molecule has 9 heteroatoms. The van der Waals surface area contributed by atoms with Gasteiger partial charge >= 0.3 is 6.03 Å². The van der Waals surface area contributed by atoms with Gasteiger partial charge in [-0.1, -0.05) is 13.8 Å². The van der Waals surface area contributed by atoms with Crippen molar-refractivity contribution in [2.24, 2.45) is 5.92 Å². The van der Waals surface area contributed by atoms with E-state index in [1.807, 2.05) is 20.8 Å². The summed E-state index contributed by atoms with van der Waals surface area (Å²) in [4.78, 5) is 43.4. The van der Waals surface area contributed by atoms with Crippen LogP contribution in [-0.2, 0) is 11.3 Å². The predicted octanol–water partition coefficient (Wildman–Crippen LogP) is 0.790. The lowest BCUT2D eigenvalue weighted by Gasteiger charge is -2.42. The molecule has 0 bridgehead atoms. The number of aromatic nitrogens is 2. The molecule has 0 atom stereocenters. The van der Waals surface area contributed by atoms with E-state index in [-0.39, 0.29) is 36.9 Å². The van der Waals surface area contributed by atoms with Crippen molar-refractivity contribution in [2.75, 3.05) is 32.8 Å². The third-order valence-electron chi connectivity index (χ3n) is 5.61. The molecule has 0 radical (unpaired) electrons. The number of aryl methyl sites for hydroxylation is 1. The van der Waals surface area contributed by atoms with Crippen molar-refractivity contribution >= 4 is 17.8 Å². The fourth-order valence-electron chi connectivity index (χ4n) is 4.19. The third kappa shape index (κ3) is 3.28. The van der Waals surface area contributed by atoms with Gasteiger partial charge in [0.05, 0.1) is 13.2 Å². The second kappa shape index (κ2) is 7.90. The van der Waals surface area contributed by atoms with Crippen molar-refractivity contribution in [1.82, 2.24) is 24.5 Å². The summed E-state index contributed by atoms with van der Waals surface area (Å²) in [6, 6.07) is 1.37. The summed E-state index contributed by atoms with van der Waals surface area (Å²) >= 11 is 0. The zero-order valence-electron chi connectivity index (χ0n) is 16.8. The van der Waals surface area contributed by atoms with E-state index < -0.39 is 5.54 Å². The van der Waals surface area contributed by atoms with Crippen molar-refractivity contribution in [2.45, 2.75) is 45.7 Å². The highest BCUT2D eigenvalue weighted by atomic mass is 16.3. The van der Waals surface area contributed by atoms with Crippen LogP contribution in [0.2, 0.25) is 0 Å². The first-order valence-corrected chi connectivity index (χ1v) is 9.91. The number of nitrogens with zero attached hydrogens (tertiary/aromatic N) is 5. The Morgan fingerprint density at radius 1 is 1.29 bits per heavy atom. The molecular formula is C19H29N5O4. The average molecular weight is 391 g/mol. The molecule has 9 nitrogen and oxygen atoms in total. The van der Waals surface area contributed by atoms with Gasteiger partial charge in [-0.2, -0.15) is 5.10 Å². The lowest BCUT2D eigenvalue weighted by molar-refractivity contribution is -0.135. The number of likely N-dealkylation sites (tertiary alicyclic amines) is 1. The second-order valence-corrected chi connectivity index (χ2v) is 7.82. The number of carbonyl (C=O) groups excluding carboxylic acids is 3. The van der Waals surface area contributed by atoms with Gasteiger partial charge in [-0.15, -0.1) is 0 Å². The van der Waals surface area contributed by atoms with E-state index in [1.54, 1.807) is 26.7 Å². The van der Waals surface area contributed by atoms with Gasteiger partial charge in [0.15, 0.2) is 0 Å². The standard InChI is InChI=1S/C19H29N5O4/c1-4-24-15(5-8-20-24)16(26)21-9-6-19(7-10-21)17(27)22(11-12-25)18(28)23(19)13-14(2)3/h5,8,14,25H,4,6-7,9-13H2,1-3H3. The minimum absolute atomic E-state index is 0.00629. The number of hydrogen-bond donors (Lipinski definition) is 1. The van der Waals surface area contributed by atoms with E-state index in [0.29, 0.717) is 44.7 Å². The molecule has 1 aromatic rings. The molecule has 2 saturated heterocycles. The number of amides is 4. The minimum atomic E-state index is -0.918. The summed E-state index contributed by atoms with van der Waals surface area (Å²) in [5.74, 6) is -0.146. The highest BCUT2D eigenvalue weighted by Crippen LogP contribution is 2.38. The molecule has 28 heavy (non-hydrogen) atoms. The Bertz CT molecular complexity index is 751. The zero-order valence-corrected chi connectivity index (χ0v) is 16.8. The molecule has 0 unspecified atom stereocenters. The first kappa shape index (κ1) is 20.3. The number of urea groups is 1. The molecule has 2 aliphatic heterocycles. The van der Waals surface area contributed by atoms with Gasteiger partial charge in [0.25, 0.3) is 11.8 Å². The van der Waals surface area contributed by atoms with Crippen LogP contribution in [0.5, 0.6) is 0 Å². The zero-order chi connectivity index (χ0) is 20.5. The molecule has 1 spiro atoms. The highest BCUT2D eigenvalue weighted by molar-refractivity contribution is 6.07. The molecular weight excluding hydrogens is 362 g/mol. The Morgan fingerprint density at radius 3 is 2.54 bits per heavy atom. The maximum atomic E-state index is 13.1. The summed E-state index contributed by atoms with van der Waals surface area (Å²) < 4.78 is 1.66. The van der Waals surface area contributed by atoms with Gasteiger partial charge < -0.3 is 14.9 Å². The van der Waals surface area contributed by atoms with E-state index in [2.05, 4.69) is 5.10 Å². The van der Waals surface area contributed by atoms with Crippen LogP contribution in [0.1, 0.15) is 44.1 Å². The van der Waals surface area contributed by atoms with E-state index in [0.717, 1.165) is 4.90 Å². The summed E-state index contributed by atoms with van der Waals surface area (Å²) in [5, 5.41) is 13.4. The van der Waals surface area contributed by atoms with Crippen molar-refractivity contribution in [1.29, 1.82) is 0 Å². The quantitative estimate of drug-likeness (QED) is 0.723. The normalized spacial score (nSPS) is 19.4. The molecule has 154 valence electrons. The maximum Gasteiger partial charge on any atom is 0.327 e. The average Bonchev–Trinajstić information content (AvgIpc) is 3.23. The van der Waals surface area contributed by atoms with E-state index in [9.17, 15) is 19.5 Å². The molecule has 2 fully saturated rings. The van der Waals surface area contributed by atoms with Crippen LogP contribution < -0.4 is 0 Å². The second-order valence-electron chi connectivity index (χ2n) is 7.82. The summed E-state index contributed by atoms with van der Waals surface area (Å²) in [6.45, 7) is 7.57. The number of β-amino-alcohol motifs (C(OH)–C–C–N with tert-alkyl or cyclic N) is 1. The number of carbonyl (C=O) groups is 3. The first-order chi connectivity index (χ1) is 13.4. The Balaban J connectivity index is 1.80. The first-order valence-electron chi connectivity index (χ1n) is 9.91. The van der Waals surface area contributed by atoms with Crippen molar-refractivity contribution in [3.63, 3.8) is 0 Å². The predicted molar refractivity (Wildman–Crippen MR) is 102 cm³/mol. The summed E-state index contributed by atoms with van der Waals surface area (Å²) in [7, 11) is 0. The molecule has 0 saturated carbocycles. The Labute approximate surface area is 164 Å². The van der Waals surface area contributed by atoms with Crippen molar-refractivity contribution < 1.29 is 19.5 Å². The van der Waals surface area contributed by atoms with Gasteiger partial charge in [-0.05, 0) is 31.7 Å². The van der Waals surface area contributed by atoms with Gasteiger partial charge in [0, 0.05) is 32.4 Å². The van der Waals surface area contributed by atoms with Gasteiger partial charge in [-0.25, -0.2) is 4.79 Å². The number of aliphatic hydroxyl groups excluding tert-OH is 1. The van der Waals surface area contributed by atoms with Gasteiger partial charge in [0.1, 0.15) is 11.2 Å². The lowest BCUT2D eigenvalue weighted by Crippen LogP contribution is -2.58. The molecule has 1 aromatic heterocycles. The van der Waals surface area contributed by atoms with Crippen LogP contribution in [0, 0.1) is 5.92 Å². The van der Waals surface area contributed by atoms with Gasteiger partial charge in [0.2, 0.25) is 0 Å². The lowest BCUT2D eigenvalue weighted by atomic mass is 9.85. The Kier molecular flexibility index (Phi) is 5.74. The maximum absolute atomic E-state index is 13.1. The van der Waals surface area contributed by atoms with Crippen LogP contribution in [0.3, 0.4) is 0 Å². The smallest absolute Gasteiger partial charge is 0.327 e. The largest absolute Gasteiger partial charge is 0.395 e. The molecule has 1 N–H and O–H groups in total.